The zero-order valence-corrected chi connectivity index (χ0v) is 23.0. The van der Waals surface area contributed by atoms with Crippen molar-refractivity contribution in [3.63, 3.8) is 0 Å². The van der Waals surface area contributed by atoms with E-state index in [0.29, 0.717) is 32.9 Å². The fraction of sp³-hybridized carbons (Fsp3) is 0.161. The van der Waals surface area contributed by atoms with Gasteiger partial charge in [0.2, 0.25) is 0 Å². The lowest BCUT2D eigenvalue weighted by molar-refractivity contribution is 0.0934. The highest BCUT2D eigenvalue weighted by Gasteiger charge is 2.22. The molecule has 3 aromatic carbocycles. The number of rotatable bonds is 7. The van der Waals surface area contributed by atoms with Gasteiger partial charge in [-0.05, 0) is 74.7 Å². The maximum atomic E-state index is 13.7. The normalized spacial score (nSPS) is 11.9. The first kappa shape index (κ1) is 26.9. The van der Waals surface area contributed by atoms with Crippen molar-refractivity contribution in [2.24, 2.45) is 0 Å². The number of nitrogen functional groups attached to an aromatic ring is 1. The highest BCUT2D eigenvalue weighted by atomic mass is 35.5. The summed E-state index contributed by atoms with van der Waals surface area (Å²) in [6, 6.07) is 23.1. The Morgan fingerprint density at radius 2 is 1.73 bits per heavy atom. The van der Waals surface area contributed by atoms with E-state index in [0.717, 1.165) is 11.3 Å². The lowest BCUT2D eigenvalue weighted by atomic mass is 10.1. The minimum Gasteiger partial charge on any atom is -0.491 e. The summed E-state index contributed by atoms with van der Waals surface area (Å²) in [5.41, 5.74) is 8.25. The summed E-state index contributed by atoms with van der Waals surface area (Å²) < 4.78 is 7.26. The number of hydrogen-bond donors (Lipinski definition) is 2. The van der Waals surface area contributed by atoms with Gasteiger partial charge in [0.25, 0.3) is 11.5 Å². The lowest BCUT2D eigenvalue weighted by Crippen LogP contribution is -2.33. The number of carbonyl (C=O) groups is 1. The van der Waals surface area contributed by atoms with Crippen LogP contribution >= 0.6 is 11.6 Å². The Morgan fingerprint density at radius 1 is 1.00 bits per heavy atom. The van der Waals surface area contributed by atoms with Gasteiger partial charge in [0, 0.05) is 16.9 Å². The van der Waals surface area contributed by atoms with Gasteiger partial charge in [-0.2, -0.15) is 0 Å². The van der Waals surface area contributed by atoms with Gasteiger partial charge in [0.15, 0.2) is 11.5 Å². The Morgan fingerprint density at radius 3 is 2.42 bits per heavy atom. The summed E-state index contributed by atoms with van der Waals surface area (Å²) in [6.45, 7) is 5.71. The zero-order valence-electron chi connectivity index (χ0n) is 22.3. The van der Waals surface area contributed by atoms with Crippen molar-refractivity contribution in [2.75, 3.05) is 5.73 Å². The van der Waals surface area contributed by atoms with Gasteiger partial charge in [0.05, 0.1) is 34.4 Å². The number of nitrogens with zero attached hydrogens (tertiary/aromatic N) is 3. The molecule has 202 valence electrons. The molecule has 0 aliphatic rings. The molecule has 3 N–H and O–H groups in total. The minimum absolute atomic E-state index is 0.000968. The summed E-state index contributed by atoms with van der Waals surface area (Å²) in [6.07, 6.45) is 1.57. The number of nitrogens with one attached hydrogen (secondary N) is 1. The molecule has 1 amide bonds. The van der Waals surface area contributed by atoms with Crippen LogP contribution in [-0.4, -0.2) is 26.5 Å². The molecular weight excluding hydrogens is 526 g/mol. The first-order valence-electron chi connectivity index (χ1n) is 12.8. The van der Waals surface area contributed by atoms with Gasteiger partial charge in [0.1, 0.15) is 5.75 Å². The van der Waals surface area contributed by atoms with Crippen molar-refractivity contribution in [2.45, 2.75) is 32.9 Å². The van der Waals surface area contributed by atoms with Crippen molar-refractivity contribution >= 4 is 34.1 Å². The SMILES string of the molecule is CC(C)Oc1ccc(-c2cnc(N)c(C(=O)N[C@@H](C)c3cc4cccc(Cl)c4c(=O)n3-c3ccccc3)n2)cc1. The first-order chi connectivity index (χ1) is 19.2. The molecule has 5 rings (SSSR count). The standard InChI is InChI=1S/C31H28ClN5O3/c1-18(2)40-23-14-12-20(13-15-23)25-17-34-29(33)28(36-25)30(38)35-19(3)26-16-21-8-7-11-24(32)27(21)31(39)37(26)22-9-5-4-6-10-22/h4-19H,1-3H3,(H2,33,34)(H,35,38)/t19-/m0/s1. The molecule has 0 radical (unpaired) electrons. The zero-order chi connectivity index (χ0) is 28.4. The van der Waals surface area contributed by atoms with E-state index in [1.165, 1.54) is 6.20 Å². The Hall–Kier alpha value is -4.69. The Balaban J connectivity index is 1.50. The average molecular weight is 554 g/mol. The van der Waals surface area contributed by atoms with Crippen LogP contribution in [0.15, 0.2) is 89.9 Å². The minimum atomic E-state index is -0.596. The molecular formula is C31H28ClN5O3. The summed E-state index contributed by atoms with van der Waals surface area (Å²) >= 11 is 6.41. The molecule has 0 bridgehead atoms. The topological polar surface area (TPSA) is 112 Å². The molecule has 0 saturated heterocycles. The number of aromatic nitrogens is 3. The van der Waals surface area contributed by atoms with Crippen LogP contribution < -0.4 is 21.3 Å². The Labute approximate surface area is 236 Å². The summed E-state index contributed by atoms with van der Waals surface area (Å²) in [5.74, 6) is 0.214. The van der Waals surface area contributed by atoms with Crippen LogP contribution in [0, 0.1) is 0 Å². The number of hydrogen-bond acceptors (Lipinski definition) is 6. The third-order valence-electron chi connectivity index (χ3n) is 6.37. The van der Waals surface area contributed by atoms with Crippen molar-refractivity contribution < 1.29 is 9.53 Å². The summed E-state index contributed by atoms with van der Waals surface area (Å²) in [4.78, 5) is 35.8. The van der Waals surface area contributed by atoms with E-state index < -0.39 is 11.9 Å². The van der Waals surface area contributed by atoms with Crippen LogP contribution in [0.3, 0.4) is 0 Å². The second-order valence-corrected chi connectivity index (χ2v) is 10.0. The maximum Gasteiger partial charge on any atom is 0.274 e. The van der Waals surface area contributed by atoms with Gasteiger partial charge in [-0.15, -0.1) is 0 Å². The molecule has 9 heteroatoms. The van der Waals surface area contributed by atoms with E-state index in [2.05, 4.69) is 15.3 Å². The van der Waals surface area contributed by atoms with Crippen LogP contribution in [-0.2, 0) is 0 Å². The van der Waals surface area contributed by atoms with E-state index in [4.69, 9.17) is 22.1 Å². The number of amides is 1. The second kappa shape index (κ2) is 11.2. The monoisotopic (exact) mass is 553 g/mol. The lowest BCUT2D eigenvalue weighted by Gasteiger charge is -2.21. The van der Waals surface area contributed by atoms with E-state index in [9.17, 15) is 9.59 Å². The quantitative estimate of drug-likeness (QED) is 0.257. The van der Waals surface area contributed by atoms with Crippen molar-refractivity contribution in [1.29, 1.82) is 0 Å². The van der Waals surface area contributed by atoms with Crippen LogP contribution in [0.25, 0.3) is 27.7 Å². The number of pyridine rings is 1. The molecule has 0 saturated carbocycles. The van der Waals surface area contributed by atoms with Crippen molar-refractivity contribution in [3.05, 3.63) is 112 Å². The number of nitrogens with two attached hydrogens (primary N) is 1. The predicted molar refractivity (Wildman–Crippen MR) is 158 cm³/mol. The van der Waals surface area contributed by atoms with E-state index >= 15 is 0 Å². The highest BCUT2D eigenvalue weighted by Crippen LogP contribution is 2.26. The molecule has 0 aliphatic carbocycles. The highest BCUT2D eigenvalue weighted by molar-refractivity contribution is 6.35. The number of ether oxygens (including phenoxy) is 1. The Bertz CT molecular complexity index is 1750. The molecule has 2 aromatic heterocycles. The predicted octanol–water partition coefficient (Wildman–Crippen LogP) is 5.96. The largest absolute Gasteiger partial charge is 0.491 e. The number of benzene rings is 3. The second-order valence-electron chi connectivity index (χ2n) is 9.62. The van der Waals surface area contributed by atoms with Gasteiger partial charge in [-0.1, -0.05) is 41.9 Å². The molecule has 2 heterocycles. The first-order valence-corrected chi connectivity index (χ1v) is 13.2. The number of fused-ring (bicyclic) bond motifs is 1. The molecule has 40 heavy (non-hydrogen) atoms. The molecule has 5 aromatic rings. The number of para-hydroxylation sites is 1. The van der Waals surface area contributed by atoms with Crippen LogP contribution in [0.5, 0.6) is 5.75 Å². The number of carbonyl (C=O) groups excluding carboxylic acids is 1. The van der Waals surface area contributed by atoms with E-state index in [-0.39, 0.29) is 23.2 Å². The van der Waals surface area contributed by atoms with E-state index in [1.54, 1.807) is 23.6 Å². The Kier molecular flexibility index (Phi) is 7.53. The van der Waals surface area contributed by atoms with Crippen molar-refractivity contribution in [1.82, 2.24) is 19.9 Å². The summed E-state index contributed by atoms with van der Waals surface area (Å²) in [7, 11) is 0. The van der Waals surface area contributed by atoms with Crippen LogP contribution in [0.1, 0.15) is 43.0 Å². The molecule has 1 atom stereocenters. The molecule has 0 spiro atoms. The van der Waals surface area contributed by atoms with Crippen LogP contribution in [0.4, 0.5) is 5.82 Å². The molecule has 0 fully saturated rings. The third-order valence-corrected chi connectivity index (χ3v) is 6.68. The maximum absolute atomic E-state index is 13.7. The third kappa shape index (κ3) is 5.39. The van der Waals surface area contributed by atoms with Crippen LogP contribution in [0.2, 0.25) is 5.02 Å². The van der Waals surface area contributed by atoms with E-state index in [1.807, 2.05) is 80.6 Å². The number of anilines is 1. The average Bonchev–Trinajstić information content (AvgIpc) is 2.93. The number of halogens is 1. The molecule has 8 nitrogen and oxygen atoms in total. The van der Waals surface area contributed by atoms with Crippen molar-refractivity contribution in [3.8, 4) is 22.7 Å². The van der Waals surface area contributed by atoms with Gasteiger partial charge >= 0.3 is 0 Å². The van der Waals surface area contributed by atoms with Gasteiger partial charge in [-0.25, -0.2) is 9.97 Å². The van der Waals surface area contributed by atoms with Gasteiger partial charge in [-0.3, -0.25) is 14.2 Å². The summed E-state index contributed by atoms with van der Waals surface area (Å²) in [5, 5.41) is 4.38. The smallest absolute Gasteiger partial charge is 0.274 e. The fourth-order valence-electron chi connectivity index (χ4n) is 4.52. The molecule has 0 unspecified atom stereocenters. The molecule has 0 aliphatic heterocycles. The fourth-order valence-corrected chi connectivity index (χ4v) is 4.78. The van der Waals surface area contributed by atoms with Gasteiger partial charge < -0.3 is 15.8 Å².